The molecule has 6 heteroatoms. The molecule has 2 aromatic rings. The van der Waals surface area contributed by atoms with E-state index in [0.717, 1.165) is 29.1 Å². The maximum atomic E-state index is 12.3. The zero-order valence-electron chi connectivity index (χ0n) is 15.6. The average Bonchev–Trinajstić information content (AvgIpc) is 3.13. The number of aryl methyl sites for hydroxylation is 2. The summed E-state index contributed by atoms with van der Waals surface area (Å²) in [6.07, 6.45) is 2.46. The lowest BCUT2D eigenvalue weighted by Gasteiger charge is -2.24. The predicted octanol–water partition coefficient (Wildman–Crippen LogP) is 3.51. The number of hydrogen-bond acceptors (Lipinski definition) is 4. The molecule has 1 amide bonds. The summed E-state index contributed by atoms with van der Waals surface area (Å²) in [7, 11) is 1.94. The molecule has 134 valence electrons. The minimum absolute atomic E-state index is 0.236. The summed E-state index contributed by atoms with van der Waals surface area (Å²) in [4.78, 5) is 18.8. The summed E-state index contributed by atoms with van der Waals surface area (Å²) in [5.74, 6) is 0.236. The molecular formula is C19H26N4O2. The van der Waals surface area contributed by atoms with Crippen LogP contribution in [0, 0.1) is 6.92 Å². The Bertz CT molecular complexity index is 776. The predicted molar refractivity (Wildman–Crippen MR) is 96.3 cm³/mol. The second kappa shape index (κ2) is 6.50. The molecule has 0 N–H and O–H groups in total. The fourth-order valence-electron chi connectivity index (χ4n) is 3.20. The van der Waals surface area contributed by atoms with Gasteiger partial charge in [-0.15, -0.1) is 0 Å². The van der Waals surface area contributed by atoms with E-state index in [4.69, 9.17) is 9.72 Å². The monoisotopic (exact) mass is 342 g/mol. The van der Waals surface area contributed by atoms with Gasteiger partial charge in [-0.3, -0.25) is 9.67 Å². The van der Waals surface area contributed by atoms with Crippen LogP contribution in [-0.4, -0.2) is 44.4 Å². The molecule has 0 bridgehead atoms. The lowest BCUT2D eigenvalue weighted by molar-refractivity contribution is 0.0292. The number of nitrogens with zero attached hydrogens (tertiary/aromatic N) is 4. The normalized spacial score (nSPS) is 17.8. The zero-order valence-corrected chi connectivity index (χ0v) is 15.6. The first-order valence-electron chi connectivity index (χ1n) is 8.68. The van der Waals surface area contributed by atoms with Crippen molar-refractivity contribution in [2.75, 3.05) is 13.1 Å². The van der Waals surface area contributed by atoms with Gasteiger partial charge in [0.05, 0.1) is 5.69 Å². The molecule has 6 nitrogen and oxygen atoms in total. The average molecular weight is 342 g/mol. The molecule has 0 saturated carbocycles. The van der Waals surface area contributed by atoms with Crippen LogP contribution in [-0.2, 0) is 11.8 Å². The van der Waals surface area contributed by atoms with E-state index in [1.807, 2.05) is 45.5 Å². The van der Waals surface area contributed by atoms with Crippen LogP contribution in [0.1, 0.15) is 44.5 Å². The van der Waals surface area contributed by atoms with Crippen LogP contribution in [0.25, 0.3) is 11.3 Å². The first-order chi connectivity index (χ1) is 11.7. The van der Waals surface area contributed by atoms with Gasteiger partial charge in [0.15, 0.2) is 0 Å². The number of hydrogen-bond donors (Lipinski definition) is 0. The summed E-state index contributed by atoms with van der Waals surface area (Å²) in [5, 5.41) is 4.25. The van der Waals surface area contributed by atoms with Crippen molar-refractivity contribution in [2.45, 2.75) is 45.6 Å². The third kappa shape index (κ3) is 4.00. The van der Waals surface area contributed by atoms with Crippen LogP contribution >= 0.6 is 0 Å². The fraction of sp³-hybridized carbons (Fsp3) is 0.526. The van der Waals surface area contributed by atoms with Crippen LogP contribution < -0.4 is 0 Å². The molecule has 1 aliphatic rings. The Hall–Kier alpha value is -2.37. The van der Waals surface area contributed by atoms with E-state index in [-0.39, 0.29) is 12.0 Å². The maximum Gasteiger partial charge on any atom is 0.410 e. The molecule has 0 unspecified atom stereocenters. The van der Waals surface area contributed by atoms with Gasteiger partial charge in [0.2, 0.25) is 0 Å². The smallest absolute Gasteiger partial charge is 0.410 e. The zero-order chi connectivity index (χ0) is 18.2. The Kier molecular flexibility index (Phi) is 4.54. The number of amides is 1. The van der Waals surface area contributed by atoms with Gasteiger partial charge >= 0.3 is 6.09 Å². The van der Waals surface area contributed by atoms with Gasteiger partial charge in [-0.25, -0.2) is 4.79 Å². The number of pyridine rings is 1. The number of ether oxygens (including phenoxy) is 1. The van der Waals surface area contributed by atoms with Crippen LogP contribution in [0.5, 0.6) is 0 Å². The van der Waals surface area contributed by atoms with Crippen molar-refractivity contribution in [3.8, 4) is 11.3 Å². The number of rotatable bonds is 2. The summed E-state index contributed by atoms with van der Waals surface area (Å²) in [5.41, 5.74) is 3.71. The molecule has 0 radical (unpaired) electrons. The fourth-order valence-corrected chi connectivity index (χ4v) is 3.20. The highest BCUT2D eigenvalue weighted by atomic mass is 16.6. The van der Waals surface area contributed by atoms with E-state index in [2.05, 4.69) is 17.2 Å². The van der Waals surface area contributed by atoms with E-state index >= 15 is 0 Å². The molecule has 25 heavy (non-hydrogen) atoms. The molecule has 3 heterocycles. The van der Waals surface area contributed by atoms with Crippen molar-refractivity contribution in [1.82, 2.24) is 19.7 Å². The quantitative estimate of drug-likeness (QED) is 0.838. The number of carbonyl (C=O) groups excluding carboxylic acids is 1. The van der Waals surface area contributed by atoms with Gasteiger partial charge in [0.25, 0.3) is 0 Å². The Morgan fingerprint density at radius 1 is 1.32 bits per heavy atom. The molecule has 1 aliphatic heterocycles. The molecule has 0 spiro atoms. The summed E-state index contributed by atoms with van der Waals surface area (Å²) < 4.78 is 7.34. The van der Waals surface area contributed by atoms with Gasteiger partial charge in [0, 0.05) is 49.2 Å². The van der Waals surface area contributed by atoms with Crippen LogP contribution in [0.15, 0.2) is 24.4 Å². The standard InChI is InChI=1S/C19H26N4O2/c1-13-10-15(17-6-8-20-22(17)5)11-16(21-13)14-7-9-23(12-14)18(24)25-19(2,3)4/h6,8,10-11,14H,7,9,12H2,1-5H3/t14-/m1/s1. The van der Waals surface area contributed by atoms with Crippen LogP contribution in [0.2, 0.25) is 0 Å². The van der Waals surface area contributed by atoms with E-state index in [1.165, 1.54) is 0 Å². The lowest BCUT2D eigenvalue weighted by Crippen LogP contribution is -2.35. The third-order valence-corrected chi connectivity index (χ3v) is 4.35. The molecular weight excluding hydrogens is 316 g/mol. The van der Waals surface area contributed by atoms with Gasteiger partial charge in [-0.05, 0) is 52.3 Å². The highest BCUT2D eigenvalue weighted by molar-refractivity contribution is 5.68. The first-order valence-corrected chi connectivity index (χ1v) is 8.68. The number of carbonyl (C=O) groups is 1. The highest BCUT2D eigenvalue weighted by Crippen LogP contribution is 2.30. The van der Waals surface area contributed by atoms with Gasteiger partial charge < -0.3 is 9.64 Å². The largest absolute Gasteiger partial charge is 0.444 e. The Labute approximate surface area is 148 Å². The highest BCUT2D eigenvalue weighted by Gasteiger charge is 2.31. The second-order valence-electron chi connectivity index (χ2n) is 7.67. The van der Waals surface area contributed by atoms with Crippen molar-refractivity contribution < 1.29 is 9.53 Å². The van der Waals surface area contributed by atoms with Crippen molar-refractivity contribution >= 4 is 6.09 Å². The van der Waals surface area contributed by atoms with Crippen molar-refractivity contribution in [3.63, 3.8) is 0 Å². The Morgan fingerprint density at radius 2 is 2.08 bits per heavy atom. The van der Waals surface area contributed by atoms with E-state index in [0.29, 0.717) is 13.1 Å². The summed E-state index contributed by atoms with van der Waals surface area (Å²) in [6, 6.07) is 6.19. The maximum absolute atomic E-state index is 12.3. The Morgan fingerprint density at radius 3 is 2.72 bits per heavy atom. The van der Waals surface area contributed by atoms with Gasteiger partial charge in [0.1, 0.15) is 5.60 Å². The van der Waals surface area contributed by atoms with Crippen molar-refractivity contribution in [1.29, 1.82) is 0 Å². The summed E-state index contributed by atoms with van der Waals surface area (Å²) >= 11 is 0. The second-order valence-corrected chi connectivity index (χ2v) is 7.67. The van der Waals surface area contributed by atoms with Crippen molar-refractivity contribution in [2.24, 2.45) is 7.05 Å². The molecule has 3 rings (SSSR count). The summed E-state index contributed by atoms with van der Waals surface area (Å²) in [6.45, 7) is 9.03. The molecule has 0 aliphatic carbocycles. The topological polar surface area (TPSA) is 60.2 Å². The molecule has 1 atom stereocenters. The van der Waals surface area contributed by atoms with E-state index in [1.54, 1.807) is 11.1 Å². The van der Waals surface area contributed by atoms with Crippen LogP contribution in [0.4, 0.5) is 4.79 Å². The van der Waals surface area contributed by atoms with Gasteiger partial charge in [-0.2, -0.15) is 5.10 Å². The Balaban J connectivity index is 1.78. The van der Waals surface area contributed by atoms with Crippen LogP contribution in [0.3, 0.4) is 0 Å². The lowest BCUT2D eigenvalue weighted by atomic mass is 10.0. The number of aromatic nitrogens is 3. The van der Waals surface area contributed by atoms with Gasteiger partial charge in [-0.1, -0.05) is 0 Å². The molecule has 2 aromatic heterocycles. The first kappa shape index (κ1) is 17.5. The van der Waals surface area contributed by atoms with E-state index in [9.17, 15) is 4.79 Å². The third-order valence-electron chi connectivity index (χ3n) is 4.35. The van der Waals surface area contributed by atoms with Crippen molar-refractivity contribution in [3.05, 3.63) is 35.8 Å². The molecule has 0 aromatic carbocycles. The van der Waals surface area contributed by atoms with E-state index < -0.39 is 5.60 Å². The SMILES string of the molecule is Cc1cc(-c2ccnn2C)cc([C@@H]2CCN(C(=O)OC(C)(C)C)C2)n1. The molecule has 1 saturated heterocycles. The minimum atomic E-state index is -0.469. The molecule has 1 fully saturated rings. The number of likely N-dealkylation sites (tertiary alicyclic amines) is 1. The minimum Gasteiger partial charge on any atom is -0.444 e.